The molecule has 0 amide bonds. The van der Waals surface area contributed by atoms with Crippen LogP contribution in [0.1, 0.15) is 23.2 Å². The molecule has 7 nitrogen and oxygen atoms in total. The summed E-state index contributed by atoms with van der Waals surface area (Å²) >= 11 is 6.06. The van der Waals surface area contributed by atoms with Crippen molar-refractivity contribution >= 4 is 39.0 Å². The molecule has 1 fully saturated rings. The maximum absolute atomic E-state index is 13.6. The molecule has 0 unspecified atom stereocenters. The van der Waals surface area contributed by atoms with E-state index >= 15 is 0 Å². The fourth-order valence-electron chi connectivity index (χ4n) is 3.27. The average molecular weight is 475 g/mol. The van der Waals surface area contributed by atoms with E-state index in [-0.39, 0.29) is 52.8 Å². The topological polar surface area (TPSA) is 84.9 Å². The molecular weight excluding hydrogens is 454 g/mol. The van der Waals surface area contributed by atoms with Gasteiger partial charge in [-0.15, -0.1) is 0 Å². The number of nitrogens with one attached hydrogen (secondary N) is 1. The summed E-state index contributed by atoms with van der Waals surface area (Å²) in [6.45, 7) is 0.120. The number of halogens is 3. The Balaban J connectivity index is 1.99. The Kier molecular flexibility index (Phi) is 6.61. The van der Waals surface area contributed by atoms with E-state index in [0.717, 1.165) is 6.07 Å². The summed E-state index contributed by atoms with van der Waals surface area (Å²) in [5.74, 6) is -3.44. The van der Waals surface area contributed by atoms with E-state index in [4.69, 9.17) is 16.3 Å². The molecule has 2 aromatic carbocycles. The minimum Gasteiger partial charge on any atom is -0.495 e. The van der Waals surface area contributed by atoms with Crippen molar-refractivity contribution in [3.8, 4) is 5.75 Å². The minimum atomic E-state index is -4.24. The van der Waals surface area contributed by atoms with E-state index in [1.54, 1.807) is 17.0 Å². The molecule has 2 aromatic rings. The first-order valence-corrected chi connectivity index (χ1v) is 11.1. The monoisotopic (exact) mass is 474 g/mol. The van der Waals surface area contributed by atoms with Crippen LogP contribution in [0.3, 0.4) is 0 Å². The number of hydrogen-bond donors (Lipinski definition) is 1. The van der Waals surface area contributed by atoms with E-state index in [0.29, 0.717) is 5.69 Å². The molecule has 0 aromatic heterocycles. The molecule has 0 spiro atoms. The maximum atomic E-state index is 13.6. The molecule has 0 aliphatic carbocycles. The molecule has 0 atom stereocenters. The summed E-state index contributed by atoms with van der Waals surface area (Å²) in [7, 11) is -1.76. The fourth-order valence-corrected chi connectivity index (χ4v) is 4.71. The summed E-state index contributed by atoms with van der Waals surface area (Å²) in [6.07, 6.45) is -0.673. The molecule has 1 heterocycles. The fraction of sp³-hybridized carbons (Fsp3) is 0.350. The van der Waals surface area contributed by atoms with Gasteiger partial charge in [0.1, 0.15) is 10.6 Å². The molecule has 168 valence electrons. The molecule has 11 heteroatoms. The lowest BCUT2D eigenvalue weighted by atomic mass is 10.1. The van der Waals surface area contributed by atoms with Crippen molar-refractivity contribution in [2.75, 3.05) is 36.9 Å². The second kappa shape index (κ2) is 8.88. The Hall–Kier alpha value is -2.59. The third-order valence-corrected chi connectivity index (χ3v) is 6.53. The van der Waals surface area contributed by atoms with Crippen molar-refractivity contribution in [1.82, 2.24) is 0 Å². The van der Waals surface area contributed by atoms with Crippen LogP contribution in [0.5, 0.6) is 5.75 Å². The normalized spacial score (nSPS) is 16.0. The zero-order valence-electron chi connectivity index (χ0n) is 16.8. The van der Waals surface area contributed by atoms with Crippen molar-refractivity contribution in [1.29, 1.82) is 0 Å². The second-order valence-corrected chi connectivity index (χ2v) is 9.05. The molecule has 1 aliphatic rings. The van der Waals surface area contributed by atoms with Crippen LogP contribution < -0.4 is 14.4 Å². The number of piperidine rings is 1. The van der Waals surface area contributed by atoms with Gasteiger partial charge in [0, 0.05) is 31.0 Å². The number of alkyl halides is 2. The van der Waals surface area contributed by atoms with E-state index in [1.807, 2.05) is 0 Å². The van der Waals surface area contributed by atoms with Gasteiger partial charge in [-0.1, -0.05) is 11.6 Å². The quantitative estimate of drug-likeness (QED) is 0.632. The smallest absolute Gasteiger partial charge is 0.337 e. The first kappa shape index (κ1) is 23.1. The summed E-state index contributed by atoms with van der Waals surface area (Å²) in [5.41, 5.74) is 0.572. The molecule has 1 saturated heterocycles. The Bertz CT molecular complexity index is 1080. The molecule has 1 aliphatic heterocycles. The summed E-state index contributed by atoms with van der Waals surface area (Å²) in [4.78, 5) is 13.2. The van der Waals surface area contributed by atoms with Gasteiger partial charge in [-0.25, -0.2) is 22.0 Å². The highest BCUT2D eigenvalue weighted by atomic mass is 35.5. The zero-order chi connectivity index (χ0) is 22.8. The van der Waals surface area contributed by atoms with Crippen LogP contribution >= 0.6 is 11.6 Å². The number of anilines is 2. The average Bonchev–Trinajstić information content (AvgIpc) is 2.73. The standard InChI is InChI=1S/C20H21ClF2N2O5S/c1-29-17-6-3-13(19(26)30-2)11-18(17)31(27,28)24-15-12-14(21)4-5-16(15)25-9-7-20(22,23)8-10-25/h3-6,11-12,24H,7-10H2,1-2H3. The Morgan fingerprint density at radius 2 is 1.81 bits per heavy atom. The predicted octanol–water partition coefficient (Wildman–Crippen LogP) is 4.17. The molecule has 0 bridgehead atoms. The Morgan fingerprint density at radius 1 is 1.13 bits per heavy atom. The number of hydrogen-bond acceptors (Lipinski definition) is 6. The van der Waals surface area contributed by atoms with Crippen LogP contribution in [0.25, 0.3) is 0 Å². The highest BCUT2D eigenvalue weighted by molar-refractivity contribution is 7.92. The molecule has 0 radical (unpaired) electrons. The molecule has 3 rings (SSSR count). The highest BCUT2D eigenvalue weighted by Crippen LogP contribution is 2.37. The van der Waals surface area contributed by atoms with E-state index < -0.39 is 21.9 Å². The number of nitrogens with zero attached hydrogens (tertiary/aromatic N) is 1. The van der Waals surface area contributed by atoms with Crippen LogP contribution in [-0.4, -0.2) is 47.6 Å². The number of methoxy groups -OCH3 is 2. The van der Waals surface area contributed by atoms with Crippen LogP contribution in [0.4, 0.5) is 20.2 Å². The van der Waals surface area contributed by atoms with Gasteiger partial charge < -0.3 is 14.4 Å². The summed E-state index contributed by atoms with van der Waals surface area (Å²) < 4.78 is 65.7. The van der Waals surface area contributed by atoms with Gasteiger partial charge in [0.25, 0.3) is 15.9 Å². The number of carbonyl (C=O) groups excluding carboxylic acids is 1. The van der Waals surface area contributed by atoms with E-state index in [2.05, 4.69) is 9.46 Å². The molecule has 31 heavy (non-hydrogen) atoms. The van der Waals surface area contributed by atoms with Crippen molar-refractivity contribution in [3.05, 3.63) is 47.0 Å². The Morgan fingerprint density at radius 3 is 2.42 bits per heavy atom. The van der Waals surface area contributed by atoms with Crippen molar-refractivity contribution in [2.45, 2.75) is 23.7 Å². The van der Waals surface area contributed by atoms with Crippen LogP contribution in [0, 0.1) is 0 Å². The van der Waals surface area contributed by atoms with Gasteiger partial charge in [-0.3, -0.25) is 4.72 Å². The lowest BCUT2D eigenvalue weighted by Crippen LogP contribution is -2.39. The summed E-state index contributed by atoms with van der Waals surface area (Å²) in [6, 6.07) is 8.39. The van der Waals surface area contributed by atoms with Crippen molar-refractivity contribution < 1.29 is 31.5 Å². The van der Waals surface area contributed by atoms with Gasteiger partial charge in [-0.2, -0.15) is 0 Å². The highest BCUT2D eigenvalue weighted by Gasteiger charge is 2.35. The third-order valence-electron chi connectivity index (χ3n) is 4.91. The maximum Gasteiger partial charge on any atom is 0.337 e. The van der Waals surface area contributed by atoms with Gasteiger partial charge in [-0.05, 0) is 36.4 Å². The zero-order valence-corrected chi connectivity index (χ0v) is 18.4. The minimum absolute atomic E-state index is 0.0151. The summed E-state index contributed by atoms with van der Waals surface area (Å²) in [5, 5.41) is 0.263. The number of benzene rings is 2. The number of sulfonamides is 1. The van der Waals surface area contributed by atoms with Crippen molar-refractivity contribution in [3.63, 3.8) is 0 Å². The third kappa shape index (κ3) is 5.19. The number of rotatable bonds is 6. The van der Waals surface area contributed by atoms with Crippen LogP contribution in [-0.2, 0) is 14.8 Å². The first-order chi connectivity index (χ1) is 14.6. The molecule has 0 saturated carbocycles. The first-order valence-electron chi connectivity index (χ1n) is 9.28. The number of esters is 1. The molecular formula is C20H21ClF2N2O5S. The van der Waals surface area contributed by atoms with E-state index in [9.17, 15) is 22.0 Å². The van der Waals surface area contributed by atoms with E-state index in [1.165, 1.54) is 32.4 Å². The second-order valence-electron chi connectivity index (χ2n) is 6.97. The number of ether oxygens (including phenoxy) is 2. The van der Waals surface area contributed by atoms with Gasteiger partial charge in [0.05, 0.1) is 31.2 Å². The lowest BCUT2D eigenvalue weighted by molar-refractivity contribution is -0.0220. The van der Waals surface area contributed by atoms with Crippen molar-refractivity contribution in [2.24, 2.45) is 0 Å². The Labute approximate surface area is 183 Å². The van der Waals surface area contributed by atoms with Crippen LogP contribution in [0.15, 0.2) is 41.3 Å². The van der Waals surface area contributed by atoms with Gasteiger partial charge >= 0.3 is 5.97 Å². The SMILES string of the molecule is COC(=O)c1ccc(OC)c(S(=O)(=O)Nc2cc(Cl)ccc2N2CCC(F)(F)CC2)c1. The lowest BCUT2D eigenvalue weighted by Gasteiger charge is -2.34. The largest absolute Gasteiger partial charge is 0.495 e. The van der Waals surface area contributed by atoms with Crippen LogP contribution in [0.2, 0.25) is 5.02 Å². The molecule has 1 N–H and O–H groups in total. The van der Waals surface area contributed by atoms with Gasteiger partial charge in [0.15, 0.2) is 0 Å². The van der Waals surface area contributed by atoms with Gasteiger partial charge in [0.2, 0.25) is 0 Å². The number of carbonyl (C=O) groups is 1. The predicted molar refractivity (Wildman–Crippen MR) is 113 cm³/mol.